The number of carbonyl (C=O) groups is 1. The largest absolute Gasteiger partial charge is 0.489 e. The number of anilines is 1. The monoisotopic (exact) mass is 443 g/mol. The van der Waals surface area contributed by atoms with Gasteiger partial charge in [0.1, 0.15) is 0 Å². The van der Waals surface area contributed by atoms with Gasteiger partial charge in [0.2, 0.25) is 10.0 Å². The van der Waals surface area contributed by atoms with E-state index in [1.54, 1.807) is 30.5 Å². The van der Waals surface area contributed by atoms with Crippen LogP contribution in [0, 0.1) is 11.8 Å². The Labute approximate surface area is 183 Å². The zero-order valence-corrected chi connectivity index (χ0v) is 18.4. The molecule has 2 N–H and O–H groups in total. The van der Waals surface area contributed by atoms with E-state index in [0.29, 0.717) is 36.6 Å². The molecular weight excluding hydrogens is 414 g/mol. The van der Waals surface area contributed by atoms with E-state index in [-0.39, 0.29) is 10.5 Å². The maximum Gasteiger partial charge on any atom is 0.256 e. The molecule has 4 rings (SSSR count). The third-order valence-corrected chi connectivity index (χ3v) is 7.29. The molecule has 1 heterocycles. The van der Waals surface area contributed by atoms with Crippen LogP contribution >= 0.6 is 0 Å². The van der Waals surface area contributed by atoms with Gasteiger partial charge in [-0.15, -0.1) is 0 Å². The molecule has 1 aromatic heterocycles. The quantitative estimate of drug-likeness (QED) is 0.611. The molecule has 1 amide bonds. The van der Waals surface area contributed by atoms with E-state index < -0.39 is 15.9 Å². The van der Waals surface area contributed by atoms with E-state index in [1.807, 2.05) is 0 Å². The minimum absolute atomic E-state index is 0.0793. The number of nitrogens with one attached hydrogen (secondary N) is 2. The average molecular weight is 444 g/mol. The molecule has 2 aromatic rings. The minimum Gasteiger partial charge on any atom is -0.489 e. The topological polar surface area (TPSA) is 97.4 Å². The Morgan fingerprint density at radius 1 is 1.03 bits per heavy atom. The van der Waals surface area contributed by atoms with E-state index >= 15 is 0 Å². The van der Waals surface area contributed by atoms with Crippen LogP contribution in [0.2, 0.25) is 0 Å². The van der Waals surface area contributed by atoms with E-state index in [2.05, 4.69) is 15.0 Å². The second kappa shape index (κ2) is 9.78. The van der Waals surface area contributed by atoms with Crippen LogP contribution in [0.5, 0.6) is 5.75 Å². The summed E-state index contributed by atoms with van der Waals surface area (Å²) in [6.45, 7) is 1.04. The van der Waals surface area contributed by atoms with Crippen molar-refractivity contribution in [1.82, 2.24) is 9.71 Å². The summed E-state index contributed by atoms with van der Waals surface area (Å²) in [6, 6.07) is 9.58. The van der Waals surface area contributed by atoms with Crippen molar-refractivity contribution in [2.24, 2.45) is 11.8 Å². The minimum atomic E-state index is -3.64. The number of amides is 1. The van der Waals surface area contributed by atoms with Crippen molar-refractivity contribution in [3.05, 3.63) is 48.2 Å². The fraction of sp³-hybridized carbons (Fsp3) is 0.478. The first-order valence-electron chi connectivity index (χ1n) is 11.0. The highest BCUT2D eigenvalue weighted by atomic mass is 32.2. The molecule has 0 unspecified atom stereocenters. The van der Waals surface area contributed by atoms with Gasteiger partial charge in [-0.25, -0.2) is 18.1 Å². The summed E-state index contributed by atoms with van der Waals surface area (Å²) in [4.78, 5) is 17.1. The van der Waals surface area contributed by atoms with Crippen LogP contribution in [0.1, 0.15) is 55.3 Å². The lowest BCUT2D eigenvalue weighted by Crippen LogP contribution is -2.26. The first kappa shape index (κ1) is 21.8. The molecule has 166 valence electrons. The first-order valence-corrected chi connectivity index (χ1v) is 12.5. The van der Waals surface area contributed by atoms with Crippen molar-refractivity contribution < 1.29 is 17.9 Å². The summed E-state index contributed by atoms with van der Waals surface area (Å²) in [6.07, 6.45) is 9.79. The summed E-state index contributed by atoms with van der Waals surface area (Å²) >= 11 is 0. The number of hydrogen-bond donors (Lipinski definition) is 2. The molecule has 0 aliphatic heterocycles. The molecule has 0 spiro atoms. The molecule has 7 nitrogen and oxygen atoms in total. The Bertz CT molecular complexity index is 1010. The summed E-state index contributed by atoms with van der Waals surface area (Å²) in [5, 5.41) is 2.76. The van der Waals surface area contributed by atoms with Gasteiger partial charge in [0.05, 0.1) is 11.5 Å². The third-order valence-electron chi connectivity index (χ3n) is 5.87. The lowest BCUT2D eigenvalue weighted by atomic mass is 9.90. The SMILES string of the molecule is O=C(Nc1ncccc1OCC1CCCCC1)c1cccc(S(=O)(=O)NCC2CC2)c1. The molecule has 2 saturated carbocycles. The van der Waals surface area contributed by atoms with Crippen LogP contribution in [-0.4, -0.2) is 32.5 Å². The predicted molar refractivity (Wildman–Crippen MR) is 119 cm³/mol. The van der Waals surface area contributed by atoms with E-state index in [9.17, 15) is 13.2 Å². The summed E-state index contributed by atoms with van der Waals surface area (Å²) in [7, 11) is -3.64. The Morgan fingerprint density at radius 3 is 2.61 bits per heavy atom. The van der Waals surface area contributed by atoms with Crippen molar-refractivity contribution in [3.8, 4) is 5.75 Å². The van der Waals surface area contributed by atoms with Crippen LogP contribution in [0.3, 0.4) is 0 Å². The van der Waals surface area contributed by atoms with Gasteiger partial charge in [-0.05, 0) is 67.9 Å². The lowest BCUT2D eigenvalue weighted by Gasteiger charge is -2.22. The van der Waals surface area contributed by atoms with E-state index in [1.165, 1.54) is 31.4 Å². The number of benzene rings is 1. The molecule has 0 atom stereocenters. The Balaban J connectivity index is 1.42. The van der Waals surface area contributed by atoms with Gasteiger partial charge in [0, 0.05) is 18.3 Å². The van der Waals surface area contributed by atoms with Gasteiger partial charge in [0.25, 0.3) is 5.91 Å². The average Bonchev–Trinajstić information content (AvgIpc) is 3.63. The summed E-state index contributed by atoms with van der Waals surface area (Å²) < 4.78 is 33.6. The molecule has 2 aliphatic rings. The number of ether oxygens (including phenoxy) is 1. The summed E-state index contributed by atoms with van der Waals surface area (Å²) in [5.74, 6) is 1.39. The molecule has 2 fully saturated rings. The zero-order valence-electron chi connectivity index (χ0n) is 17.5. The van der Waals surface area contributed by atoms with Crippen molar-refractivity contribution in [1.29, 1.82) is 0 Å². The smallest absolute Gasteiger partial charge is 0.256 e. The fourth-order valence-electron chi connectivity index (χ4n) is 3.78. The van der Waals surface area contributed by atoms with Gasteiger partial charge >= 0.3 is 0 Å². The highest BCUT2D eigenvalue weighted by Crippen LogP contribution is 2.29. The number of nitrogens with zero attached hydrogens (tertiary/aromatic N) is 1. The maximum absolute atomic E-state index is 12.8. The van der Waals surface area contributed by atoms with Crippen LogP contribution in [0.4, 0.5) is 5.82 Å². The Hall–Kier alpha value is -2.45. The highest BCUT2D eigenvalue weighted by molar-refractivity contribution is 7.89. The van der Waals surface area contributed by atoms with Gasteiger partial charge < -0.3 is 10.1 Å². The van der Waals surface area contributed by atoms with Crippen molar-refractivity contribution in [3.63, 3.8) is 0 Å². The van der Waals surface area contributed by atoms with E-state index in [0.717, 1.165) is 25.7 Å². The molecule has 8 heteroatoms. The van der Waals surface area contributed by atoms with Gasteiger partial charge in [-0.1, -0.05) is 25.3 Å². The molecule has 31 heavy (non-hydrogen) atoms. The van der Waals surface area contributed by atoms with Gasteiger partial charge in [-0.2, -0.15) is 0 Å². The lowest BCUT2D eigenvalue weighted by molar-refractivity contribution is 0.102. The van der Waals surface area contributed by atoms with Gasteiger partial charge in [-0.3, -0.25) is 4.79 Å². The number of aromatic nitrogens is 1. The van der Waals surface area contributed by atoms with Crippen molar-refractivity contribution in [2.45, 2.75) is 49.8 Å². The Kier molecular flexibility index (Phi) is 6.87. The van der Waals surface area contributed by atoms with Gasteiger partial charge in [0.15, 0.2) is 11.6 Å². The first-order chi connectivity index (χ1) is 15.0. The summed E-state index contributed by atoms with van der Waals surface area (Å²) in [5.41, 5.74) is 0.248. The Morgan fingerprint density at radius 2 is 1.84 bits per heavy atom. The fourth-order valence-corrected chi connectivity index (χ4v) is 4.94. The van der Waals surface area contributed by atoms with Crippen LogP contribution < -0.4 is 14.8 Å². The second-order valence-electron chi connectivity index (χ2n) is 8.44. The normalized spacial score (nSPS) is 17.3. The molecular formula is C23H29N3O4S. The number of hydrogen-bond acceptors (Lipinski definition) is 5. The molecule has 0 bridgehead atoms. The molecule has 0 radical (unpaired) electrons. The number of rotatable bonds is 9. The molecule has 0 saturated heterocycles. The zero-order chi connectivity index (χ0) is 21.7. The van der Waals surface area contributed by atoms with Crippen LogP contribution in [-0.2, 0) is 10.0 Å². The van der Waals surface area contributed by atoms with Crippen LogP contribution in [0.25, 0.3) is 0 Å². The highest BCUT2D eigenvalue weighted by Gasteiger charge is 2.25. The molecule has 2 aliphatic carbocycles. The number of sulfonamides is 1. The van der Waals surface area contributed by atoms with E-state index in [4.69, 9.17) is 4.74 Å². The third kappa shape index (κ3) is 6.04. The van der Waals surface area contributed by atoms with Crippen molar-refractivity contribution >= 4 is 21.7 Å². The predicted octanol–water partition coefficient (Wildman–Crippen LogP) is 3.98. The number of pyridine rings is 1. The second-order valence-corrected chi connectivity index (χ2v) is 10.2. The van der Waals surface area contributed by atoms with Crippen LogP contribution in [0.15, 0.2) is 47.5 Å². The standard InChI is InChI=1S/C23H29N3O4S/c27-23(19-8-4-9-20(14-19)31(28,29)25-15-17-11-12-17)26-22-21(10-5-13-24-22)30-16-18-6-2-1-3-7-18/h4-5,8-10,13-14,17-18,25H,1-3,6-7,11-12,15-16H2,(H,24,26,27). The molecule has 1 aromatic carbocycles. The number of carbonyl (C=O) groups excluding carboxylic acids is 1. The van der Waals surface area contributed by atoms with Crippen molar-refractivity contribution in [2.75, 3.05) is 18.5 Å². The maximum atomic E-state index is 12.8.